The Kier molecular flexibility index (Phi) is 15.4. The normalized spacial score (nSPS) is 23.1. The van der Waals surface area contributed by atoms with E-state index in [0.717, 1.165) is 0 Å². The molecule has 10 atom stereocenters. The second kappa shape index (κ2) is 22.5. The van der Waals surface area contributed by atoms with Crippen molar-refractivity contribution in [2.24, 2.45) is 0 Å². The number of carbonyl (C=O) groups excluding carboxylic acids is 6. The maximum Gasteiger partial charge on any atom is 0.343 e. The average molecular weight is 1270 g/mol. The molecule has 4 aliphatic rings. The molecule has 0 aromatic heterocycles. The molecule has 0 amide bonds. The van der Waals surface area contributed by atoms with Gasteiger partial charge in [0.2, 0.25) is 47.1 Å². The lowest BCUT2D eigenvalue weighted by molar-refractivity contribution is -0.284. The first-order chi connectivity index (χ1) is 42.3. The molecule has 474 valence electrons. The van der Waals surface area contributed by atoms with Crippen molar-refractivity contribution in [2.75, 3.05) is 13.2 Å². The number of hydrogen-bond donors (Lipinski definition) is 21. The number of phenolic OH excluding ortho intramolecular Hbond substituents is 17. The Morgan fingerprint density at radius 2 is 0.722 bits per heavy atom. The van der Waals surface area contributed by atoms with Crippen LogP contribution < -0.4 is 4.74 Å². The summed E-state index contributed by atoms with van der Waals surface area (Å²) in [6.07, 6.45) is -23.7. The molecule has 0 bridgehead atoms. The quantitative estimate of drug-likeness (QED) is 0.0584. The molecule has 4 aliphatic heterocycles. The van der Waals surface area contributed by atoms with Gasteiger partial charge in [-0.25, -0.2) is 28.8 Å². The highest BCUT2D eigenvalue weighted by atomic mass is 16.7. The molecule has 36 nitrogen and oxygen atoms in total. The van der Waals surface area contributed by atoms with Crippen LogP contribution in [0.25, 0.3) is 22.3 Å². The Morgan fingerprint density at radius 1 is 0.367 bits per heavy atom. The third-order valence-electron chi connectivity index (χ3n) is 14.3. The number of aliphatic hydroxyl groups is 4. The van der Waals surface area contributed by atoms with Gasteiger partial charge in [0.15, 0.2) is 87.0 Å². The summed E-state index contributed by atoms with van der Waals surface area (Å²) < 4.78 is 48.5. The zero-order valence-electron chi connectivity index (χ0n) is 44.2. The monoisotopic (exact) mass is 1270 g/mol. The van der Waals surface area contributed by atoms with Gasteiger partial charge in [0.1, 0.15) is 55.4 Å². The molecule has 0 saturated carbocycles. The second-order valence-electron chi connectivity index (χ2n) is 19.8. The third-order valence-corrected chi connectivity index (χ3v) is 14.3. The molecule has 0 unspecified atom stereocenters. The number of fused-ring (bicyclic) bond motifs is 8. The summed E-state index contributed by atoms with van der Waals surface area (Å²) in [5, 5.41) is 227. The van der Waals surface area contributed by atoms with Crippen LogP contribution in [0, 0.1) is 0 Å². The predicted molar refractivity (Wildman–Crippen MR) is 276 cm³/mol. The Balaban J connectivity index is 0.998. The lowest BCUT2D eigenvalue weighted by Crippen LogP contribution is -2.61. The van der Waals surface area contributed by atoms with Crippen molar-refractivity contribution >= 4 is 35.8 Å². The highest BCUT2D eigenvalue weighted by molar-refractivity contribution is 6.11. The SMILES string of the molecule is O=C(O[C@@H]1O[C@@H]2COC(=O)c3cc(O)c(O)c(O)c3-c3c(cc(O)c(O)c3O)C(=O)O[C@H]2[C@H](O)[C@H]1O)c1cc(O)c(O)c(Oc2c(O)c(O)c(O)c3c2C(=O)O[C@H]2[C@H](O)[C@@H](O)[C@@H](OC(=O)c4cc(O)c(O)c(O)c4)O[C@@H]2COC(=O)c2cc(O)c(O)c(O)c2-3)c1. The van der Waals surface area contributed by atoms with E-state index in [4.69, 9.17) is 42.6 Å². The highest BCUT2D eigenvalue weighted by Crippen LogP contribution is 2.59. The van der Waals surface area contributed by atoms with Crippen LogP contribution in [0.1, 0.15) is 62.1 Å². The molecular formula is C54H42O36. The Morgan fingerprint density at radius 3 is 1.16 bits per heavy atom. The van der Waals surface area contributed by atoms with E-state index in [1.807, 2.05) is 0 Å². The van der Waals surface area contributed by atoms with Crippen molar-refractivity contribution in [3.8, 4) is 131 Å². The van der Waals surface area contributed by atoms with E-state index in [-0.39, 0.29) is 0 Å². The minimum Gasteiger partial charge on any atom is -0.504 e. The summed E-state index contributed by atoms with van der Waals surface area (Å²) in [7, 11) is 0. The number of esters is 6. The number of aromatic hydroxyl groups is 17. The summed E-state index contributed by atoms with van der Waals surface area (Å²) in [6, 6.07) is 3.25. The van der Waals surface area contributed by atoms with E-state index in [9.17, 15) is 136 Å². The van der Waals surface area contributed by atoms with Gasteiger partial charge < -0.3 is 150 Å². The van der Waals surface area contributed by atoms with E-state index in [1.165, 1.54) is 0 Å². The molecule has 21 N–H and O–H groups in total. The Hall–Kier alpha value is -11.7. The summed E-state index contributed by atoms with van der Waals surface area (Å²) in [5.74, 6) is -37.0. The first-order valence-electron chi connectivity index (χ1n) is 25.2. The minimum atomic E-state index is -2.54. The largest absolute Gasteiger partial charge is 0.504 e. The number of carbonyl (C=O) groups is 6. The molecule has 36 heteroatoms. The number of rotatable bonds is 6. The van der Waals surface area contributed by atoms with Gasteiger partial charge in [0.25, 0.3) is 0 Å². The Labute approximate surface area is 495 Å². The van der Waals surface area contributed by atoms with Crippen LogP contribution in [0.15, 0.2) is 42.5 Å². The zero-order valence-corrected chi connectivity index (χ0v) is 44.2. The molecule has 6 aromatic carbocycles. The van der Waals surface area contributed by atoms with Crippen LogP contribution in [0.2, 0.25) is 0 Å². The Bertz CT molecular complexity index is 4060. The van der Waals surface area contributed by atoms with Gasteiger partial charge in [0.05, 0.1) is 33.4 Å². The molecule has 0 radical (unpaired) electrons. The van der Waals surface area contributed by atoms with Crippen LogP contribution in [-0.2, 0) is 37.9 Å². The summed E-state index contributed by atoms with van der Waals surface area (Å²) >= 11 is 0. The first kappa shape index (κ1) is 61.4. The number of benzene rings is 6. The van der Waals surface area contributed by atoms with Crippen molar-refractivity contribution in [1.82, 2.24) is 0 Å². The lowest BCUT2D eigenvalue weighted by Gasteiger charge is -2.41. The topological polar surface area (TPSA) is 610 Å². The van der Waals surface area contributed by atoms with Crippen molar-refractivity contribution in [3.63, 3.8) is 0 Å². The second-order valence-corrected chi connectivity index (χ2v) is 19.8. The number of ether oxygens (including phenoxy) is 9. The number of hydrogen-bond acceptors (Lipinski definition) is 36. The van der Waals surface area contributed by atoms with Crippen LogP contribution >= 0.6 is 0 Å². The predicted octanol–water partition coefficient (Wildman–Crippen LogP) is -0.193. The number of aliphatic hydroxyl groups excluding tert-OH is 4. The maximum absolute atomic E-state index is 14.8. The smallest absolute Gasteiger partial charge is 0.343 e. The molecule has 6 aromatic rings. The van der Waals surface area contributed by atoms with Gasteiger partial charge in [-0.05, 0) is 42.5 Å². The molecule has 4 heterocycles. The highest BCUT2D eigenvalue weighted by Gasteiger charge is 2.52. The molecular weight excluding hydrogens is 1220 g/mol. The van der Waals surface area contributed by atoms with Crippen LogP contribution in [0.3, 0.4) is 0 Å². The summed E-state index contributed by atoms with van der Waals surface area (Å²) in [6.45, 7) is -2.43. The van der Waals surface area contributed by atoms with E-state index < -0.39 is 275 Å². The van der Waals surface area contributed by atoms with Crippen molar-refractivity contribution in [1.29, 1.82) is 0 Å². The maximum atomic E-state index is 14.8. The fourth-order valence-electron chi connectivity index (χ4n) is 9.78. The number of phenols is 17. The molecule has 0 aliphatic carbocycles. The molecule has 2 fully saturated rings. The van der Waals surface area contributed by atoms with Crippen LogP contribution in [-0.4, -0.2) is 218 Å². The third kappa shape index (κ3) is 10.2. The fraction of sp³-hybridized carbons (Fsp3) is 0.222. The fourth-order valence-corrected chi connectivity index (χ4v) is 9.78. The van der Waals surface area contributed by atoms with Crippen molar-refractivity contribution < 1.29 is 179 Å². The minimum absolute atomic E-state index is 0.357. The zero-order chi connectivity index (χ0) is 65.7. The van der Waals surface area contributed by atoms with Gasteiger partial charge in [-0.3, -0.25) is 0 Å². The van der Waals surface area contributed by atoms with Gasteiger partial charge >= 0.3 is 35.8 Å². The van der Waals surface area contributed by atoms with Gasteiger partial charge in [-0.2, -0.15) is 0 Å². The van der Waals surface area contributed by atoms with E-state index in [1.54, 1.807) is 0 Å². The van der Waals surface area contributed by atoms with Gasteiger partial charge in [0, 0.05) is 16.7 Å². The van der Waals surface area contributed by atoms with Crippen LogP contribution in [0.4, 0.5) is 0 Å². The van der Waals surface area contributed by atoms with Crippen LogP contribution in [0.5, 0.6) is 109 Å². The standard InChI is InChI=1S/C54H42O36/c55-15-1-10(2-16(56)29(15)61)47(76)89-53-43(75)41(73)45-23(86-53)9-83-50(79)13-6-19(59)33(65)36(68)26(13)27-28(52(81)88-45)46(39(71)38(70)37(27)69)84-21-4-11(3-17(57)30(21)62)48(77)90-54-42(74)40(72)44-22(85-54)8-82-49(78)12-5-18(58)31(63)34(66)24(12)25-14(51(80)87-44)7-20(60)32(64)35(25)67/h1-7,22-23,40-45,53-75H,8-9H2/t22-,23-,40-,41-,42-,43-,44-,45-,53-,54+/m1/s1. The average Bonchev–Trinajstić information content (AvgIpc) is 1.08. The molecule has 0 spiro atoms. The number of cyclic esters (lactones) is 2. The van der Waals surface area contributed by atoms with Crippen molar-refractivity contribution in [3.05, 3.63) is 75.8 Å². The van der Waals surface area contributed by atoms with Crippen molar-refractivity contribution in [2.45, 2.75) is 61.4 Å². The molecule has 10 rings (SSSR count). The van der Waals surface area contributed by atoms with Gasteiger partial charge in [-0.1, -0.05) is 0 Å². The van der Waals surface area contributed by atoms with E-state index in [0.29, 0.717) is 42.5 Å². The summed E-state index contributed by atoms with van der Waals surface area (Å²) in [4.78, 5) is 83.5. The first-order valence-corrected chi connectivity index (χ1v) is 25.2. The summed E-state index contributed by atoms with van der Waals surface area (Å²) in [5.41, 5.74) is -11.2. The molecule has 90 heavy (non-hydrogen) atoms. The van der Waals surface area contributed by atoms with E-state index >= 15 is 0 Å². The van der Waals surface area contributed by atoms with E-state index in [2.05, 4.69) is 0 Å². The lowest BCUT2D eigenvalue weighted by atomic mass is 9.91. The molecule has 2 saturated heterocycles. The van der Waals surface area contributed by atoms with Gasteiger partial charge in [-0.15, -0.1) is 0 Å².